The van der Waals surface area contributed by atoms with E-state index >= 15 is 0 Å². The Hall–Kier alpha value is -1.92. The molecule has 2 heterocycles. The largest absolute Gasteiger partial charge is 0.496 e. The summed E-state index contributed by atoms with van der Waals surface area (Å²) in [6.07, 6.45) is 1.10. The Labute approximate surface area is 153 Å². The highest BCUT2D eigenvalue weighted by Gasteiger charge is 2.18. The van der Waals surface area contributed by atoms with Crippen molar-refractivity contribution in [3.8, 4) is 5.75 Å². The van der Waals surface area contributed by atoms with Gasteiger partial charge in [0, 0.05) is 49.2 Å². The number of hydrogen-bond acceptors (Lipinski definition) is 6. The van der Waals surface area contributed by atoms with Crippen molar-refractivity contribution in [3.05, 3.63) is 40.4 Å². The molecule has 0 amide bonds. The molecular formula is C19H25N3O2S. The number of rotatable bonds is 5. The number of hydrogen-bond donors (Lipinski definition) is 0. The number of aromatic nitrogens is 1. The standard InChI is InChI=1S/C19H25N3O2S/c1-14-13-25-19(20-14)22-8-4-7-21(9-10-22)12-17-11-16(15(2)23)5-6-18(17)24-3/h5-6,11,13H,4,7-10,12H2,1-3H3. The van der Waals surface area contributed by atoms with Crippen LogP contribution in [0.25, 0.3) is 0 Å². The molecule has 0 unspecified atom stereocenters. The van der Waals surface area contributed by atoms with Crippen molar-refractivity contribution in [2.75, 3.05) is 38.2 Å². The van der Waals surface area contributed by atoms with E-state index in [1.165, 1.54) is 0 Å². The number of methoxy groups -OCH3 is 1. The molecule has 0 N–H and O–H groups in total. The van der Waals surface area contributed by atoms with E-state index in [1.54, 1.807) is 25.4 Å². The molecule has 0 aliphatic carbocycles. The second kappa shape index (κ2) is 7.97. The van der Waals surface area contributed by atoms with Gasteiger partial charge in [0.25, 0.3) is 0 Å². The molecule has 5 nitrogen and oxygen atoms in total. The van der Waals surface area contributed by atoms with Gasteiger partial charge < -0.3 is 9.64 Å². The third-order valence-corrected chi connectivity index (χ3v) is 5.57. The van der Waals surface area contributed by atoms with E-state index in [-0.39, 0.29) is 5.78 Å². The molecule has 0 spiro atoms. The van der Waals surface area contributed by atoms with Crippen LogP contribution in [-0.4, -0.2) is 49.0 Å². The molecule has 6 heteroatoms. The van der Waals surface area contributed by atoms with Gasteiger partial charge in [0.2, 0.25) is 0 Å². The first kappa shape index (κ1) is 17.9. The number of thiazole rings is 1. The van der Waals surface area contributed by atoms with Gasteiger partial charge in [-0.15, -0.1) is 11.3 Å². The summed E-state index contributed by atoms with van der Waals surface area (Å²) in [6.45, 7) is 8.47. The van der Waals surface area contributed by atoms with Crippen molar-refractivity contribution >= 4 is 22.3 Å². The van der Waals surface area contributed by atoms with E-state index in [0.717, 1.165) is 66.8 Å². The number of anilines is 1. The van der Waals surface area contributed by atoms with Crippen LogP contribution in [-0.2, 0) is 6.54 Å². The minimum Gasteiger partial charge on any atom is -0.496 e. The fraction of sp³-hybridized carbons (Fsp3) is 0.474. The van der Waals surface area contributed by atoms with Crippen LogP contribution in [0.1, 0.15) is 35.0 Å². The lowest BCUT2D eigenvalue weighted by Crippen LogP contribution is -2.30. The van der Waals surface area contributed by atoms with E-state index in [4.69, 9.17) is 4.74 Å². The van der Waals surface area contributed by atoms with Crippen molar-refractivity contribution in [2.24, 2.45) is 0 Å². The van der Waals surface area contributed by atoms with Gasteiger partial charge in [0.15, 0.2) is 10.9 Å². The third-order valence-electron chi connectivity index (χ3n) is 4.55. The second-order valence-corrected chi connectivity index (χ2v) is 7.31. The van der Waals surface area contributed by atoms with Crippen molar-refractivity contribution in [1.82, 2.24) is 9.88 Å². The van der Waals surface area contributed by atoms with Crippen LogP contribution >= 0.6 is 11.3 Å². The number of nitrogens with zero attached hydrogens (tertiary/aromatic N) is 3. The Morgan fingerprint density at radius 1 is 1.28 bits per heavy atom. The molecule has 1 aromatic carbocycles. The molecule has 1 aliphatic heterocycles. The summed E-state index contributed by atoms with van der Waals surface area (Å²) in [4.78, 5) is 21.1. The molecule has 0 atom stereocenters. The van der Waals surface area contributed by atoms with Crippen LogP contribution in [0.3, 0.4) is 0 Å². The first-order valence-electron chi connectivity index (χ1n) is 8.64. The summed E-state index contributed by atoms with van der Waals surface area (Å²) in [5.41, 5.74) is 2.91. The number of ketones is 1. The molecular weight excluding hydrogens is 334 g/mol. The van der Waals surface area contributed by atoms with Crippen molar-refractivity contribution in [1.29, 1.82) is 0 Å². The van der Waals surface area contributed by atoms with Crippen LogP contribution in [0, 0.1) is 6.92 Å². The molecule has 0 bridgehead atoms. The molecule has 0 radical (unpaired) electrons. The lowest BCUT2D eigenvalue weighted by molar-refractivity contribution is 0.101. The highest BCUT2D eigenvalue weighted by atomic mass is 32.1. The molecule has 25 heavy (non-hydrogen) atoms. The Morgan fingerprint density at radius 2 is 2.12 bits per heavy atom. The number of ether oxygens (including phenoxy) is 1. The maximum absolute atomic E-state index is 11.7. The zero-order valence-corrected chi connectivity index (χ0v) is 15.9. The average Bonchev–Trinajstić information content (AvgIpc) is 2.89. The lowest BCUT2D eigenvalue weighted by atomic mass is 10.1. The molecule has 1 aromatic heterocycles. The quantitative estimate of drug-likeness (QED) is 0.766. The Balaban J connectivity index is 1.69. The fourth-order valence-corrected chi connectivity index (χ4v) is 4.03. The predicted molar refractivity (Wildman–Crippen MR) is 102 cm³/mol. The van der Waals surface area contributed by atoms with Crippen molar-refractivity contribution in [2.45, 2.75) is 26.8 Å². The third kappa shape index (κ3) is 4.38. The monoisotopic (exact) mass is 359 g/mol. The van der Waals surface area contributed by atoms with Gasteiger partial charge in [-0.05, 0) is 38.5 Å². The maximum atomic E-state index is 11.7. The van der Waals surface area contributed by atoms with Crippen LogP contribution in [0.2, 0.25) is 0 Å². The van der Waals surface area contributed by atoms with Gasteiger partial charge >= 0.3 is 0 Å². The summed E-state index contributed by atoms with van der Waals surface area (Å²) in [5, 5.41) is 3.23. The highest BCUT2D eigenvalue weighted by molar-refractivity contribution is 7.13. The van der Waals surface area contributed by atoms with Crippen molar-refractivity contribution in [3.63, 3.8) is 0 Å². The first-order valence-corrected chi connectivity index (χ1v) is 9.52. The molecule has 2 aromatic rings. The number of aryl methyl sites for hydroxylation is 1. The number of Topliss-reactive ketones (excluding diaryl/α,β-unsaturated/α-hetero) is 1. The minimum atomic E-state index is 0.0880. The average molecular weight is 359 g/mol. The maximum Gasteiger partial charge on any atom is 0.185 e. The summed E-state index contributed by atoms with van der Waals surface area (Å²) >= 11 is 1.72. The van der Waals surface area contributed by atoms with Gasteiger partial charge in [-0.2, -0.15) is 0 Å². The van der Waals surface area contributed by atoms with Crippen LogP contribution in [0.15, 0.2) is 23.6 Å². The molecule has 134 valence electrons. The Bertz CT molecular complexity index is 744. The Kier molecular flexibility index (Phi) is 5.71. The van der Waals surface area contributed by atoms with Crippen molar-refractivity contribution < 1.29 is 9.53 Å². The lowest BCUT2D eigenvalue weighted by Gasteiger charge is -2.22. The summed E-state index contributed by atoms with van der Waals surface area (Å²) < 4.78 is 5.49. The first-order chi connectivity index (χ1) is 12.1. The van der Waals surface area contributed by atoms with E-state index in [0.29, 0.717) is 0 Å². The van der Waals surface area contributed by atoms with Crippen LogP contribution in [0.4, 0.5) is 5.13 Å². The normalized spacial score (nSPS) is 15.9. The summed E-state index contributed by atoms with van der Waals surface area (Å²) in [5.74, 6) is 0.937. The minimum absolute atomic E-state index is 0.0880. The smallest absolute Gasteiger partial charge is 0.185 e. The summed E-state index contributed by atoms with van der Waals surface area (Å²) in [6, 6.07) is 5.70. The van der Waals surface area contributed by atoms with E-state index < -0.39 is 0 Å². The van der Waals surface area contributed by atoms with Gasteiger partial charge in [-0.25, -0.2) is 4.98 Å². The topological polar surface area (TPSA) is 45.7 Å². The zero-order valence-electron chi connectivity index (χ0n) is 15.1. The molecule has 1 saturated heterocycles. The number of carbonyl (C=O) groups is 1. The molecule has 3 rings (SSSR count). The van der Waals surface area contributed by atoms with Gasteiger partial charge in [0.05, 0.1) is 12.8 Å². The van der Waals surface area contributed by atoms with Gasteiger partial charge in [-0.1, -0.05) is 0 Å². The molecule has 0 saturated carbocycles. The molecule has 1 fully saturated rings. The predicted octanol–water partition coefficient (Wildman–Crippen LogP) is 3.38. The zero-order chi connectivity index (χ0) is 17.8. The van der Waals surface area contributed by atoms with Crippen LogP contribution < -0.4 is 9.64 Å². The number of carbonyl (C=O) groups excluding carboxylic acids is 1. The Morgan fingerprint density at radius 3 is 2.80 bits per heavy atom. The highest BCUT2D eigenvalue weighted by Crippen LogP contribution is 2.24. The van der Waals surface area contributed by atoms with E-state index in [2.05, 4.69) is 20.2 Å². The fourth-order valence-electron chi connectivity index (χ4n) is 3.17. The number of benzene rings is 1. The van der Waals surface area contributed by atoms with E-state index in [1.807, 2.05) is 25.1 Å². The SMILES string of the molecule is COc1ccc(C(C)=O)cc1CN1CCCN(c2nc(C)cs2)CC1. The molecule has 1 aliphatic rings. The van der Waals surface area contributed by atoms with E-state index in [9.17, 15) is 4.79 Å². The van der Waals surface area contributed by atoms with Gasteiger partial charge in [0.1, 0.15) is 5.75 Å². The summed E-state index contributed by atoms with van der Waals surface area (Å²) in [7, 11) is 1.68. The van der Waals surface area contributed by atoms with Crippen LogP contribution in [0.5, 0.6) is 5.75 Å². The second-order valence-electron chi connectivity index (χ2n) is 6.47. The van der Waals surface area contributed by atoms with Gasteiger partial charge in [-0.3, -0.25) is 9.69 Å².